The number of halogens is 2. The van der Waals surface area contributed by atoms with Crippen LogP contribution < -0.4 is 4.74 Å². The van der Waals surface area contributed by atoms with Crippen LogP contribution in [0.25, 0.3) is 0 Å². The summed E-state index contributed by atoms with van der Waals surface area (Å²) >= 11 is 0. The van der Waals surface area contributed by atoms with Crippen molar-refractivity contribution in [2.24, 2.45) is 0 Å². The van der Waals surface area contributed by atoms with Gasteiger partial charge in [-0.1, -0.05) is 6.08 Å². The molecule has 0 N–H and O–H groups in total. The van der Waals surface area contributed by atoms with Crippen molar-refractivity contribution in [2.75, 3.05) is 0 Å². The molecule has 1 rings (SSSR count). The van der Waals surface area contributed by atoms with E-state index in [4.69, 9.17) is 4.74 Å². The summed E-state index contributed by atoms with van der Waals surface area (Å²) in [5.74, 6) is -1.49. The molecule has 3 heteroatoms. The van der Waals surface area contributed by atoms with Crippen LogP contribution >= 0.6 is 0 Å². The predicted octanol–water partition coefficient (Wildman–Crippen LogP) is 2.88. The van der Waals surface area contributed by atoms with Crippen LogP contribution in [0.1, 0.15) is 6.92 Å². The van der Waals surface area contributed by atoms with E-state index in [0.717, 1.165) is 12.1 Å². The van der Waals surface area contributed by atoms with Crippen LogP contribution in [-0.4, -0.2) is 0 Å². The third-order valence-electron chi connectivity index (χ3n) is 1.23. The molecular formula is C9H8F2O. The number of ether oxygens (including phenoxy) is 1. The zero-order valence-corrected chi connectivity index (χ0v) is 6.55. The zero-order chi connectivity index (χ0) is 8.97. The summed E-state index contributed by atoms with van der Waals surface area (Å²) in [5.41, 5.74) is 0. The Balaban J connectivity index is 2.82. The summed E-state index contributed by atoms with van der Waals surface area (Å²) in [5, 5.41) is 0. The second kappa shape index (κ2) is 3.85. The molecule has 12 heavy (non-hydrogen) atoms. The number of rotatable bonds is 2. The Kier molecular flexibility index (Phi) is 2.80. The van der Waals surface area contributed by atoms with Crippen molar-refractivity contribution in [2.45, 2.75) is 6.92 Å². The Morgan fingerprint density at radius 2 is 2.00 bits per heavy atom. The van der Waals surface area contributed by atoms with Crippen molar-refractivity contribution in [3.05, 3.63) is 42.2 Å². The van der Waals surface area contributed by atoms with Gasteiger partial charge in [-0.25, -0.2) is 8.78 Å². The Morgan fingerprint density at radius 1 is 1.25 bits per heavy atom. The molecule has 0 aliphatic carbocycles. The largest absolute Gasteiger partial charge is 0.465 e. The van der Waals surface area contributed by atoms with Crippen LogP contribution in [0.15, 0.2) is 30.5 Å². The molecule has 64 valence electrons. The maximum Gasteiger partial charge on any atom is 0.162 e. The minimum absolute atomic E-state index is 0.284. The van der Waals surface area contributed by atoms with E-state index >= 15 is 0 Å². The van der Waals surface area contributed by atoms with Crippen molar-refractivity contribution >= 4 is 0 Å². The molecule has 0 fully saturated rings. The maximum absolute atomic E-state index is 12.5. The highest BCUT2D eigenvalue weighted by Gasteiger charge is 2.01. The van der Waals surface area contributed by atoms with Crippen molar-refractivity contribution in [3.63, 3.8) is 0 Å². The van der Waals surface area contributed by atoms with E-state index in [-0.39, 0.29) is 5.75 Å². The molecule has 0 atom stereocenters. The fourth-order valence-electron chi connectivity index (χ4n) is 0.697. The molecule has 0 heterocycles. The normalized spacial score (nSPS) is 10.6. The van der Waals surface area contributed by atoms with Crippen molar-refractivity contribution in [3.8, 4) is 5.75 Å². The molecule has 0 bridgehead atoms. The van der Waals surface area contributed by atoms with Gasteiger partial charge in [-0.2, -0.15) is 0 Å². The number of benzene rings is 1. The van der Waals surface area contributed by atoms with Crippen molar-refractivity contribution < 1.29 is 13.5 Å². The van der Waals surface area contributed by atoms with Gasteiger partial charge in [0.25, 0.3) is 0 Å². The summed E-state index contributed by atoms with van der Waals surface area (Å²) in [7, 11) is 0. The Bertz CT molecular complexity index is 295. The Hall–Kier alpha value is -1.38. The number of hydrogen-bond acceptors (Lipinski definition) is 1. The number of allylic oxidation sites excluding steroid dienone is 1. The van der Waals surface area contributed by atoms with E-state index in [1.54, 1.807) is 13.0 Å². The molecule has 0 saturated heterocycles. The number of hydrogen-bond donors (Lipinski definition) is 0. The Labute approximate surface area is 69.3 Å². The monoisotopic (exact) mass is 170 g/mol. The van der Waals surface area contributed by atoms with Gasteiger partial charge in [0.15, 0.2) is 11.6 Å². The maximum atomic E-state index is 12.5. The van der Waals surface area contributed by atoms with Crippen molar-refractivity contribution in [1.82, 2.24) is 0 Å². The van der Waals surface area contributed by atoms with E-state index in [1.807, 2.05) is 0 Å². The van der Waals surface area contributed by atoms with Gasteiger partial charge in [0.2, 0.25) is 0 Å². The van der Waals surface area contributed by atoms with E-state index in [9.17, 15) is 8.78 Å². The molecule has 0 saturated carbocycles. The molecule has 0 aliphatic heterocycles. The zero-order valence-electron chi connectivity index (χ0n) is 6.55. The molecule has 1 aromatic rings. The van der Waals surface area contributed by atoms with Gasteiger partial charge in [-0.3, -0.25) is 0 Å². The van der Waals surface area contributed by atoms with Crippen LogP contribution in [0.4, 0.5) is 8.78 Å². The molecule has 1 nitrogen and oxygen atoms in total. The van der Waals surface area contributed by atoms with Gasteiger partial charge in [0.1, 0.15) is 5.75 Å². The van der Waals surface area contributed by atoms with Gasteiger partial charge in [-0.15, -0.1) is 0 Å². The first kappa shape index (κ1) is 8.71. The lowest BCUT2D eigenvalue weighted by Gasteiger charge is -1.99. The minimum Gasteiger partial charge on any atom is -0.465 e. The smallest absolute Gasteiger partial charge is 0.162 e. The minimum atomic E-state index is -0.906. The molecule has 0 spiro atoms. The van der Waals surface area contributed by atoms with E-state index in [1.165, 1.54) is 12.3 Å². The predicted molar refractivity (Wildman–Crippen MR) is 41.8 cm³/mol. The van der Waals surface area contributed by atoms with Gasteiger partial charge in [0, 0.05) is 6.07 Å². The fourth-order valence-corrected chi connectivity index (χ4v) is 0.697. The van der Waals surface area contributed by atoms with E-state index in [2.05, 4.69) is 0 Å². The van der Waals surface area contributed by atoms with Crippen molar-refractivity contribution in [1.29, 1.82) is 0 Å². The lowest BCUT2D eigenvalue weighted by Crippen LogP contribution is -1.86. The van der Waals surface area contributed by atoms with Gasteiger partial charge >= 0.3 is 0 Å². The average Bonchev–Trinajstić information content (AvgIpc) is 2.07. The molecule has 0 unspecified atom stereocenters. The second-order valence-electron chi connectivity index (χ2n) is 2.16. The first-order valence-electron chi connectivity index (χ1n) is 3.47. The lowest BCUT2D eigenvalue weighted by molar-refractivity contribution is 0.460. The highest BCUT2D eigenvalue weighted by Crippen LogP contribution is 2.15. The van der Waals surface area contributed by atoms with Gasteiger partial charge in [0.05, 0.1) is 6.26 Å². The third-order valence-corrected chi connectivity index (χ3v) is 1.23. The SMILES string of the molecule is C/C=C\Oc1ccc(F)c(F)c1. The fraction of sp³-hybridized carbons (Fsp3) is 0.111. The van der Waals surface area contributed by atoms with Crippen LogP contribution in [0.3, 0.4) is 0 Å². The van der Waals surface area contributed by atoms with Gasteiger partial charge < -0.3 is 4.74 Å². The summed E-state index contributed by atoms with van der Waals surface area (Å²) in [6, 6.07) is 3.38. The van der Waals surface area contributed by atoms with Gasteiger partial charge in [-0.05, 0) is 19.1 Å². The summed E-state index contributed by atoms with van der Waals surface area (Å²) in [6.45, 7) is 1.76. The summed E-state index contributed by atoms with van der Waals surface area (Å²) in [6.07, 6.45) is 3.05. The molecule has 0 radical (unpaired) electrons. The topological polar surface area (TPSA) is 9.23 Å². The van der Waals surface area contributed by atoms with E-state index < -0.39 is 11.6 Å². The first-order chi connectivity index (χ1) is 5.74. The summed E-state index contributed by atoms with van der Waals surface area (Å²) < 4.78 is 29.8. The quantitative estimate of drug-likeness (QED) is 0.620. The van der Waals surface area contributed by atoms with Crippen LogP contribution in [-0.2, 0) is 0 Å². The highest BCUT2D eigenvalue weighted by molar-refractivity contribution is 5.24. The standard InChI is InChI=1S/C9H8F2O/c1-2-5-12-7-3-4-8(10)9(11)6-7/h2-6H,1H3/b5-2-. The highest BCUT2D eigenvalue weighted by atomic mass is 19.2. The van der Waals surface area contributed by atoms with Crippen LogP contribution in [0, 0.1) is 11.6 Å². The average molecular weight is 170 g/mol. The molecule has 0 aliphatic rings. The molecule has 1 aromatic carbocycles. The lowest BCUT2D eigenvalue weighted by atomic mass is 10.3. The van der Waals surface area contributed by atoms with Crippen LogP contribution in [0.2, 0.25) is 0 Å². The molecule has 0 aromatic heterocycles. The molecular weight excluding hydrogens is 162 g/mol. The first-order valence-corrected chi connectivity index (χ1v) is 3.47. The van der Waals surface area contributed by atoms with Crippen LogP contribution in [0.5, 0.6) is 5.75 Å². The molecule has 0 amide bonds. The van der Waals surface area contributed by atoms with E-state index in [0.29, 0.717) is 0 Å². The summed E-state index contributed by atoms with van der Waals surface area (Å²) in [4.78, 5) is 0. The Morgan fingerprint density at radius 3 is 2.58 bits per heavy atom. The second-order valence-corrected chi connectivity index (χ2v) is 2.16. The third kappa shape index (κ3) is 2.05.